The molecule has 0 atom stereocenters. The zero-order chi connectivity index (χ0) is 16.9. The molecule has 6 nitrogen and oxygen atoms in total. The molecule has 2 rings (SSSR count). The van der Waals surface area contributed by atoms with Gasteiger partial charge in [0.05, 0.1) is 18.8 Å². The summed E-state index contributed by atoms with van der Waals surface area (Å²) in [7, 11) is 0. The Bertz CT molecular complexity index is 593. The Morgan fingerprint density at radius 3 is 2.65 bits per heavy atom. The van der Waals surface area contributed by atoms with Crippen molar-refractivity contribution >= 4 is 17.9 Å². The molecule has 2 N–H and O–H groups in total. The molecule has 1 aliphatic heterocycles. The van der Waals surface area contributed by atoms with E-state index in [1.165, 1.54) is 0 Å². The van der Waals surface area contributed by atoms with Gasteiger partial charge in [-0.05, 0) is 37.6 Å². The van der Waals surface area contributed by atoms with Crippen LogP contribution >= 0.6 is 0 Å². The minimum Gasteiger partial charge on any atom is -0.484 e. The van der Waals surface area contributed by atoms with Crippen LogP contribution in [0.4, 0.5) is 0 Å². The molecule has 1 aliphatic rings. The fraction of sp³-hybridized carbons (Fsp3) is 0.412. The van der Waals surface area contributed by atoms with Crippen molar-refractivity contribution in [2.45, 2.75) is 19.4 Å². The first-order chi connectivity index (χ1) is 10.9. The highest BCUT2D eigenvalue weighted by molar-refractivity contribution is 5.92. The van der Waals surface area contributed by atoms with E-state index >= 15 is 0 Å². The Morgan fingerprint density at radius 2 is 2.04 bits per heavy atom. The highest BCUT2D eigenvalue weighted by atomic mass is 16.5. The quantitative estimate of drug-likeness (QED) is 0.827. The van der Waals surface area contributed by atoms with Crippen LogP contribution in [0.5, 0.6) is 5.75 Å². The lowest BCUT2D eigenvalue weighted by molar-refractivity contribution is -0.140. The molecule has 0 bridgehead atoms. The third-order valence-electron chi connectivity index (χ3n) is 3.59. The monoisotopic (exact) mass is 318 g/mol. The molecular formula is C17H22N2O4. The summed E-state index contributed by atoms with van der Waals surface area (Å²) in [5, 5.41) is 0. The van der Waals surface area contributed by atoms with Crippen LogP contribution in [0.3, 0.4) is 0 Å². The van der Waals surface area contributed by atoms with Crippen molar-refractivity contribution in [3.05, 3.63) is 35.9 Å². The number of morpholine rings is 1. The van der Waals surface area contributed by atoms with Crippen molar-refractivity contribution in [3.63, 3.8) is 0 Å². The third-order valence-corrected chi connectivity index (χ3v) is 3.59. The number of ether oxygens (including phenoxy) is 2. The van der Waals surface area contributed by atoms with E-state index in [9.17, 15) is 9.59 Å². The molecule has 124 valence electrons. The van der Waals surface area contributed by atoms with Gasteiger partial charge in [0.25, 0.3) is 5.91 Å². The van der Waals surface area contributed by atoms with E-state index in [0.29, 0.717) is 25.5 Å². The summed E-state index contributed by atoms with van der Waals surface area (Å²) in [6.07, 6.45) is 3.32. The summed E-state index contributed by atoms with van der Waals surface area (Å²) in [6.45, 7) is 5.52. The van der Waals surface area contributed by atoms with E-state index in [0.717, 1.165) is 5.56 Å². The molecule has 6 heteroatoms. The van der Waals surface area contributed by atoms with Gasteiger partial charge in [-0.15, -0.1) is 0 Å². The average molecular weight is 318 g/mol. The Morgan fingerprint density at radius 1 is 1.35 bits per heavy atom. The Kier molecular flexibility index (Phi) is 5.39. The second-order valence-corrected chi connectivity index (χ2v) is 6.01. The maximum Gasteiger partial charge on any atom is 0.255 e. The van der Waals surface area contributed by atoms with Crippen LogP contribution in [-0.4, -0.2) is 48.6 Å². The molecule has 1 aromatic carbocycles. The van der Waals surface area contributed by atoms with Gasteiger partial charge < -0.3 is 20.1 Å². The first-order valence-electron chi connectivity index (χ1n) is 7.47. The van der Waals surface area contributed by atoms with Gasteiger partial charge in [0.2, 0.25) is 5.91 Å². The molecule has 0 aromatic heterocycles. The second-order valence-electron chi connectivity index (χ2n) is 6.01. The van der Waals surface area contributed by atoms with E-state index in [1.54, 1.807) is 24.3 Å². The maximum absolute atomic E-state index is 12.3. The zero-order valence-electron chi connectivity index (χ0n) is 13.5. The minimum atomic E-state index is -0.521. The fourth-order valence-corrected chi connectivity index (χ4v) is 2.35. The lowest BCUT2D eigenvalue weighted by atomic mass is 10.0. The van der Waals surface area contributed by atoms with Gasteiger partial charge in [0.15, 0.2) is 6.61 Å². The molecule has 0 saturated carbocycles. The Hall–Kier alpha value is -2.34. The van der Waals surface area contributed by atoms with Crippen LogP contribution < -0.4 is 10.5 Å². The number of rotatable bonds is 5. The first kappa shape index (κ1) is 17.0. The molecule has 0 aliphatic carbocycles. The number of benzene rings is 1. The Labute approximate surface area is 135 Å². The topological polar surface area (TPSA) is 81.9 Å². The maximum atomic E-state index is 12.3. The molecule has 0 spiro atoms. The summed E-state index contributed by atoms with van der Waals surface area (Å²) < 4.78 is 10.6. The molecule has 1 heterocycles. The predicted octanol–water partition coefficient (Wildman–Crippen LogP) is 1.20. The highest BCUT2D eigenvalue weighted by Gasteiger charge is 2.32. The van der Waals surface area contributed by atoms with Gasteiger partial charge in [0, 0.05) is 12.6 Å². The standard InChI is InChI=1S/C17H22N2O4/c1-17(2)12-22-10-9-19(17)16(21)8-5-13-3-6-14(7-4-13)23-11-15(18)20/h3-8H,9-12H2,1-2H3,(H2,18,20). The van der Waals surface area contributed by atoms with Crippen molar-refractivity contribution in [3.8, 4) is 5.75 Å². The summed E-state index contributed by atoms with van der Waals surface area (Å²) in [6, 6.07) is 7.08. The second kappa shape index (κ2) is 7.28. The summed E-state index contributed by atoms with van der Waals surface area (Å²) in [5.41, 5.74) is 5.59. The summed E-state index contributed by atoms with van der Waals surface area (Å²) in [5.74, 6) is 0.00152. The lowest BCUT2D eigenvalue weighted by Gasteiger charge is -2.41. The van der Waals surface area contributed by atoms with E-state index in [2.05, 4.69) is 0 Å². The normalized spacial score (nSPS) is 17.2. The summed E-state index contributed by atoms with van der Waals surface area (Å²) in [4.78, 5) is 24.8. The molecule has 1 fully saturated rings. The van der Waals surface area contributed by atoms with Gasteiger partial charge in [-0.2, -0.15) is 0 Å². The molecule has 1 aromatic rings. The van der Waals surface area contributed by atoms with Gasteiger partial charge in [0.1, 0.15) is 5.75 Å². The van der Waals surface area contributed by atoms with Gasteiger partial charge >= 0.3 is 0 Å². The third kappa shape index (κ3) is 4.82. The first-order valence-corrected chi connectivity index (χ1v) is 7.47. The number of hydrogen-bond acceptors (Lipinski definition) is 4. The summed E-state index contributed by atoms with van der Waals surface area (Å²) >= 11 is 0. The van der Waals surface area contributed by atoms with Gasteiger partial charge in [-0.1, -0.05) is 12.1 Å². The molecule has 0 unspecified atom stereocenters. The van der Waals surface area contributed by atoms with Crippen LogP contribution in [0.2, 0.25) is 0 Å². The predicted molar refractivity (Wildman–Crippen MR) is 86.8 cm³/mol. The number of hydrogen-bond donors (Lipinski definition) is 1. The number of carbonyl (C=O) groups excluding carboxylic acids is 2. The SMILES string of the molecule is CC1(C)COCCN1C(=O)C=Cc1ccc(OCC(N)=O)cc1. The zero-order valence-corrected chi connectivity index (χ0v) is 13.5. The molecule has 2 amide bonds. The number of carbonyl (C=O) groups is 2. The smallest absolute Gasteiger partial charge is 0.255 e. The van der Waals surface area contributed by atoms with Crippen molar-refractivity contribution in [2.75, 3.05) is 26.4 Å². The van der Waals surface area contributed by atoms with E-state index in [4.69, 9.17) is 15.2 Å². The molecule has 23 heavy (non-hydrogen) atoms. The highest BCUT2D eigenvalue weighted by Crippen LogP contribution is 2.20. The number of nitrogens with two attached hydrogens (primary N) is 1. The molecule has 0 radical (unpaired) electrons. The van der Waals surface area contributed by atoms with Gasteiger partial charge in [-0.25, -0.2) is 0 Å². The lowest BCUT2D eigenvalue weighted by Crippen LogP contribution is -2.55. The number of primary amides is 1. The minimum absolute atomic E-state index is 0.0349. The van der Waals surface area contributed by atoms with Gasteiger partial charge in [-0.3, -0.25) is 9.59 Å². The van der Waals surface area contributed by atoms with E-state index in [1.807, 2.05) is 30.9 Å². The van der Waals surface area contributed by atoms with Crippen molar-refractivity contribution < 1.29 is 19.1 Å². The van der Waals surface area contributed by atoms with Crippen LogP contribution in [-0.2, 0) is 14.3 Å². The number of nitrogens with zero attached hydrogens (tertiary/aromatic N) is 1. The fourth-order valence-electron chi connectivity index (χ4n) is 2.35. The largest absolute Gasteiger partial charge is 0.484 e. The van der Waals surface area contributed by atoms with E-state index in [-0.39, 0.29) is 18.1 Å². The van der Waals surface area contributed by atoms with Crippen molar-refractivity contribution in [2.24, 2.45) is 5.73 Å². The van der Waals surface area contributed by atoms with Crippen LogP contribution in [0.25, 0.3) is 6.08 Å². The van der Waals surface area contributed by atoms with Crippen LogP contribution in [0.1, 0.15) is 19.4 Å². The van der Waals surface area contributed by atoms with Crippen LogP contribution in [0.15, 0.2) is 30.3 Å². The van der Waals surface area contributed by atoms with Crippen LogP contribution in [0, 0.1) is 0 Å². The Balaban J connectivity index is 1.96. The average Bonchev–Trinajstić information content (AvgIpc) is 2.51. The number of amides is 2. The van der Waals surface area contributed by atoms with E-state index < -0.39 is 5.91 Å². The van der Waals surface area contributed by atoms with Crippen molar-refractivity contribution in [1.29, 1.82) is 0 Å². The molecular weight excluding hydrogens is 296 g/mol. The molecule has 1 saturated heterocycles. The van der Waals surface area contributed by atoms with Crippen molar-refractivity contribution in [1.82, 2.24) is 4.90 Å².